The molecule has 20 heavy (non-hydrogen) atoms. The van der Waals surface area contributed by atoms with E-state index >= 15 is 0 Å². The fourth-order valence-electron chi connectivity index (χ4n) is 2.11. The largest absolute Gasteiger partial charge is 0.399 e. The van der Waals surface area contributed by atoms with Crippen LogP contribution in [0.4, 0.5) is 5.69 Å². The summed E-state index contributed by atoms with van der Waals surface area (Å²) >= 11 is 0. The van der Waals surface area contributed by atoms with Gasteiger partial charge in [0.15, 0.2) is 0 Å². The molecule has 0 aliphatic heterocycles. The predicted molar refractivity (Wildman–Crippen MR) is 79.0 cm³/mol. The molecule has 0 spiro atoms. The van der Waals surface area contributed by atoms with Gasteiger partial charge in [-0.3, -0.25) is 4.40 Å². The minimum absolute atomic E-state index is 0.145. The standard InChI is InChI=1S/C16H13N3O/c17-14-5-1-4-13(10-14)15-11-18-16-9-12(3-2-8-20)6-7-19(15)16/h1,4-7,9-11,20H,8,17H2. The van der Waals surface area contributed by atoms with E-state index in [-0.39, 0.29) is 6.61 Å². The Labute approximate surface area is 116 Å². The Morgan fingerprint density at radius 3 is 2.95 bits per heavy atom. The Hall–Kier alpha value is -2.77. The lowest BCUT2D eigenvalue weighted by Gasteiger charge is -2.03. The summed E-state index contributed by atoms with van der Waals surface area (Å²) in [5.41, 5.74) is 10.2. The maximum absolute atomic E-state index is 8.71. The number of rotatable bonds is 1. The van der Waals surface area contributed by atoms with E-state index in [0.29, 0.717) is 0 Å². The Balaban J connectivity index is 2.10. The van der Waals surface area contributed by atoms with Crippen LogP contribution in [-0.4, -0.2) is 21.1 Å². The van der Waals surface area contributed by atoms with Gasteiger partial charge in [0.2, 0.25) is 0 Å². The number of aliphatic hydroxyl groups is 1. The van der Waals surface area contributed by atoms with Crippen molar-refractivity contribution in [2.24, 2.45) is 0 Å². The SMILES string of the molecule is Nc1cccc(-c2cnc3cc(C#CCO)ccn23)c1. The fraction of sp³-hybridized carbons (Fsp3) is 0.0625. The van der Waals surface area contributed by atoms with Crippen LogP contribution in [0.15, 0.2) is 48.8 Å². The normalized spacial score (nSPS) is 10.2. The summed E-state index contributed by atoms with van der Waals surface area (Å²) in [5, 5.41) is 8.71. The van der Waals surface area contributed by atoms with Crippen molar-refractivity contribution in [2.45, 2.75) is 0 Å². The zero-order chi connectivity index (χ0) is 13.9. The average molecular weight is 263 g/mol. The Morgan fingerprint density at radius 2 is 2.15 bits per heavy atom. The highest BCUT2D eigenvalue weighted by Crippen LogP contribution is 2.22. The van der Waals surface area contributed by atoms with Crippen molar-refractivity contribution in [3.8, 4) is 23.1 Å². The lowest BCUT2D eigenvalue weighted by atomic mass is 10.1. The second kappa shape index (κ2) is 5.08. The first-order valence-corrected chi connectivity index (χ1v) is 6.21. The molecule has 0 fully saturated rings. The monoisotopic (exact) mass is 263 g/mol. The highest BCUT2D eigenvalue weighted by Gasteiger charge is 2.06. The van der Waals surface area contributed by atoms with E-state index in [4.69, 9.17) is 10.8 Å². The van der Waals surface area contributed by atoms with Crippen LogP contribution >= 0.6 is 0 Å². The van der Waals surface area contributed by atoms with E-state index in [1.54, 1.807) is 0 Å². The minimum Gasteiger partial charge on any atom is -0.399 e. The number of aromatic nitrogens is 2. The van der Waals surface area contributed by atoms with Crippen LogP contribution in [0.1, 0.15) is 5.56 Å². The number of nitrogens with two attached hydrogens (primary N) is 1. The molecular formula is C16H13N3O. The molecule has 0 unspecified atom stereocenters. The summed E-state index contributed by atoms with van der Waals surface area (Å²) in [4.78, 5) is 4.39. The molecule has 0 atom stereocenters. The third-order valence-corrected chi connectivity index (χ3v) is 3.01. The Morgan fingerprint density at radius 1 is 1.25 bits per heavy atom. The molecule has 3 aromatic rings. The van der Waals surface area contributed by atoms with Gasteiger partial charge in [-0.25, -0.2) is 4.98 Å². The quantitative estimate of drug-likeness (QED) is 0.521. The number of nitrogen functional groups attached to an aromatic ring is 1. The van der Waals surface area contributed by atoms with Gasteiger partial charge in [-0.2, -0.15) is 0 Å². The summed E-state index contributed by atoms with van der Waals surface area (Å²) in [6.45, 7) is -0.145. The summed E-state index contributed by atoms with van der Waals surface area (Å²) in [6, 6.07) is 11.5. The number of nitrogens with zero attached hydrogens (tertiary/aromatic N) is 2. The van der Waals surface area contributed by atoms with Gasteiger partial charge in [-0.05, 0) is 24.3 Å². The molecule has 0 saturated carbocycles. The van der Waals surface area contributed by atoms with Crippen LogP contribution < -0.4 is 5.73 Å². The number of aliphatic hydroxyl groups excluding tert-OH is 1. The minimum atomic E-state index is -0.145. The molecular weight excluding hydrogens is 250 g/mol. The van der Waals surface area contributed by atoms with E-state index in [2.05, 4.69) is 16.8 Å². The molecule has 0 bridgehead atoms. The fourth-order valence-corrected chi connectivity index (χ4v) is 2.11. The van der Waals surface area contributed by atoms with Crippen molar-refractivity contribution in [3.63, 3.8) is 0 Å². The highest BCUT2D eigenvalue weighted by molar-refractivity contribution is 5.67. The van der Waals surface area contributed by atoms with Gasteiger partial charge in [-0.15, -0.1) is 0 Å². The van der Waals surface area contributed by atoms with Crippen molar-refractivity contribution in [1.29, 1.82) is 0 Å². The van der Waals surface area contributed by atoms with Gasteiger partial charge in [0.25, 0.3) is 0 Å². The van der Waals surface area contributed by atoms with E-state index in [0.717, 1.165) is 28.2 Å². The summed E-state index contributed by atoms with van der Waals surface area (Å²) in [5.74, 6) is 5.50. The highest BCUT2D eigenvalue weighted by atomic mass is 16.2. The zero-order valence-corrected chi connectivity index (χ0v) is 10.7. The molecule has 2 heterocycles. The van der Waals surface area contributed by atoms with Crippen LogP contribution in [0.5, 0.6) is 0 Å². The van der Waals surface area contributed by atoms with E-state index in [9.17, 15) is 0 Å². The van der Waals surface area contributed by atoms with Crippen molar-refractivity contribution in [1.82, 2.24) is 9.38 Å². The van der Waals surface area contributed by atoms with Crippen molar-refractivity contribution in [3.05, 3.63) is 54.4 Å². The van der Waals surface area contributed by atoms with Gasteiger partial charge in [0.05, 0.1) is 11.9 Å². The average Bonchev–Trinajstić information content (AvgIpc) is 2.88. The number of fused-ring (bicyclic) bond motifs is 1. The molecule has 3 rings (SSSR count). The smallest absolute Gasteiger partial charge is 0.138 e. The number of imidazole rings is 1. The second-order valence-corrected chi connectivity index (χ2v) is 4.37. The molecule has 0 radical (unpaired) electrons. The summed E-state index contributed by atoms with van der Waals surface area (Å²) < 4.78 is 1.99. The first-order chi connectivity index (χ1) is 9.78. The van der Waals surface area contributed by atoms with E-state index in [1.165, 1.54) is 0 Å². The van der Waals surface area contributed by atoms with Crippen LogP contribution in [0.25, 0.3) is 16.9 Å². The van der Waals surface area contributed by atoms with Crippen LogP contribution in [-0.2, 0) is 0 Å². The lowest BCUT2D eigenvalue weighted by Crippen LogP contribution is -1.90. The van der Waals surface area contributed by atoms with Crippen LogP contribution in [0, 0.1) is 11.8 Å². The van der Waals surface area contributed by atoms with Crippen LogP contribution in [0.3, 0.4) is 0 Å². The number of pyridine rings is 1. The van der Waals surface area contributed by atoms with E-state index < -0.39 is 0 Å². The van der Waals surface area contributed by atoms with Gasteiger partial charge < -0.3 is 10.8 Å². The van der Waals surface area contributed by atoms with Gasteiger partial charge in [0, 0.05) is 23.0 Å². The molecule has 4 heteroatoms. The predicted octanol–water partition coefficient (Wildman–Crippen LogP) is 1.93. The molecule has 1 aromatic carbocycles. The van der Waals surface area contributed by atoms with Crippen LogP contribution in [0.2, 0.25) is 0 Å². The number of anilines is 1. The second-order valence-electron chi connectivity index (χ2n) is 4.37. The number of hydrogen-bond donors (Lipinski definition) is 2. The van der Waals surface area contributed by atoms with Gasteiger partial charge in [-0.1, -0.05) is 24.0 Å². The molecule has 0 aliphatic rings. The lowest BCUT2D eigenvalue weighted by molar-refractivity contribution is 0.350. The maximum atomic E-state index is 8.71. The van der Waals surface area contributed by atoms with Crippen molar-refractivity contribution in [2.75, 3.05) is 12.3 Å². The Kier molecular flexibility index (Phi) is 3.12. The third-order valence-electron chi connectivity index (χ3n) is 3.01. The van der Waals surface area contributed by atoms with Gasteiger partial charge >= 0.3 is 0 Å². The molecule has 3 N–H and O–H groups in total. The molecule has 98 valence electrons. The number of benzene rings is 1. The first kappa shape index (κ1) is 12.3. The zero-order valence-electron chi connectivity index (χ0n) is 10.7. The van der Waals surface area contributed by atoms with Crippen molar-refractivity contribution >= 4 is 11.3 Å². The molecule has 0 aliphatic carbocycles. The Bertz CT molecular complexity index is 824. The van der Waals surface area contributed by atoms with Gasteiger partial charge in [0.1, 0.15) is 12.3 Å². The molecule has 2 aromatic heterocycles. The maximum Gasteiger partial charge on any atom is 0.138 e. The molecule has 4 nitrogen and oxygen atoms in total. The topological polar surface area (TPSA) is 63.5 Å². The molecule has 0 saturated heterocycles. The van der Waals surface area contributed by atoms with E-state index in [1.807, 2.05) is 53.2 Å². The third kappa shape index (κ3) is 2.22. The van der Waals surface area contributed by atoms with Crippen molar-refractivity contribution < 1.29 is 5.11 Å². The first-order valence-electron chi connectivity index (χ1n) is 6.21. The summed E-state index contributed by atoms with van der Waals surface area (Å²) in [7, 11) is 0. The number of hydrogen-bond acceptors (Lipinski definition) is 3. The molecule has 0 amide bonds. The summed E-state index contributed by atoms with van der Waals surface area (Å²) in [6.07, 6.45) is 3.73.